The van der Waals surface area contributed by atoms with Gasteiger partial charge in [-0.3, -0.25) is 9.69 Å². The molecule has 2 fully saturated rings. The molecule has 2 bridgehead atoms. The number of fused-ring (bicyclic) bond motifs is 2. The molecule has 108 valence electrons. The van der Waals surface area contributed by atoms with Crippen LogP contribution in [0.15, 0.2) is 30.3 Å². The second-order valence-electron chi connectivity index (χ2n) is 6.11. The fourth-order valence-corrected chi connectivity index (χ4v) is 3.85. The SMILES string of the molecule is COCC(=O)C1CC2CCC(C1)N2Cc1ccccc1. The lowest BCUT2D eigenvalue weighted by Gasteiger charge is -2.38. The number of benzene rings is 1. The number of ketones is 1. The first-order valence-electron chi connectivity index (χ1n) is 7.59. The van der Waals surface area contributed by atoms with E-state index in [-0.39, 0.29) is 12.5 Å². The Labute approximate surface area is 120 Å². The van der Waals surface area contributed by atoms with Crippen LogP contribution in [0.1, 0.15) is 31.2 Å². The summed E-state index contributed by atoms with van der Waals surface area (Å²) in [5, 5.41) is 0. The van der Waals surface area contributed by atoms with Gasteiger partial charge in [0.2, 0.25) is 0 Å². The lowest BCUT2D eigenvalue weighted by molar-refractivity contribution is -0.129. The molecule has 2 unspecified atom stereocenters. The normalized spacial score (nSPS) is 29.6. The first-order chi connectivity index (χ1) is 9.78. The fourth-order valence-electron chi connectivity index (χ4n) is 3.85. The van der Waals surface area contributed by atoms with Crippen molar-refractivity contribution in [2.45, 2.75) is 44.3 Å². The molecule has 2 aliphatic rings. The van der Waals surface area contributed by atoms with Crippen molar-refractivity contribution in [3.05, 3.63) is 35.9 Å². The predicted molar refractivity (Wildman–Crippen MR) is 78.4 cm³/mol. The van der Waals surface area contributed by atoms with E-state index in [1.54, 1.807) is 7.11 Å². The standard InChI is InChI=1S/C17H23NO2/c1-20-12-17(19)14-9-15-7-8-16(10-14)18(15)11-13-5-3-2-4-6-13/h2-6,14-16H,7-12H2,1H3. The van der Waals surface area contributed by atoms with Crippen molar-refractivity contribution >= 4 is 5.78 Å². The number of nitrogens with zero attached hydrogens (tertiary/aromatic N) is 1. The first kappa shape index (κ1) is 13.8. The van der Waals surface area contributed by atoms with Crippen molar-refractivity contribution in [1.82, 2.24) is 4.90 Å². The van der Waals surface area contributed by atoms with Crippen molar-refractivity contribution in [3.8, 4) is 0 Å². The quantitative estimate of drug-likeness (QED) is 0.826. The lowest BCUT2D eigenvalue weighted by Crippen LogP contribution is -2.44. The van der Waals surface area contributed by atoms with Gasteiger partial charge in [-0.05, 0) is 31.2 Å². The highest BCUT2D eigenvalue weighted by atomic mass is 16.5. The summed E-state index contributed by atoms with van der Waals surface area (Å²) in [5.41, 5.74) is 1.38. The Morgan fingerprint density at radius 2 is 1.85 bits per heavy atom. The molecule has 0 aromatic heterocycles. The summed E-state index contributed by atoms with van der Waals surface area (Å²) in [7, 11) is 1.61. The zero-order valence-corrected chi connectivity index (χ0v) is 12.1. The second kappa shape index (κ2) is 6.06. The number of Topliss-reactive ketones (excluding diaryl/α,β-unsaturated/α-hetero) is 1. The molecule has 2 aliphatic heterocycles. The molecule has 2 saturated heterocycles. The van der Waals surface area contributed by atoms with Gasteiger partial charge in [-0.15, -0.1) is 0 Å². The van der Waals surface area contributed by atoms with Gasteiger partial charge in [-0.25, -0.2) is 0 Å². The Balaban J connectivity index is 1.65. The highest BCUT2D eigenvalue weighted by Crippen LogP contribution is 2.39. The second-order valence-corrected chi connectivity index (χ2v) is 6.11. The Bertz CT molecular complexity index is 445. The minimum absolute atomic E-state index is 0.222. The maximum absolute atomic E-state index is 12.0. The van der Waals surface area contributed by atoms with E-state index in [2.05, 4.69) is 35.2 Å². The van der Waals surface area contributed by atoms with Crippen LogP contribution >= 0.6 is 0 Å². The van der Waals surface area contributed by atoms with Crippen LogP contribution < -0.4 is 0 Å². The van der Waals surface area contributed by atoms with Gasteiger partial charge in [0.15, 0.2) is 5.78 Å². The number of hydrogen-bond acceptors (Lipinski definition) is 3. The van der Waals surface area contributed by atoms with E-state index >= 15 is 0 Å². The average molecular weight is 273 g/mol. The van der Waals surface area contributed by atoms with Gasteiger partial charge in [-0.2, -0.15) is 0 Å². The third-order valence-electron chi connectivity index (χ3n) is 4.83. The Kier molecular flexibility index (Phi) is 4.18. The third kappa shape index (κ3) is 2.79. The van der Waals surface area contributed by atoms with Crippen LogP contribution in [0.5, 0.6) is 0 Å². The van der Waals surface area contributed by atoms with E-state index in [1.165, 1.54) is 18.4 Å². The summed E-state index contributed by atoms with van der Waals surface area (Å²) in [6, 6.07) is 11.8. The zero-order valence-electron chi connectivity index (χ0n) is 12.1. The van der Waals surface area contributed by atoms with Gasteiger partial charge in [0.25, 0.3) is 0 Å². The number of carbonyl (C=O) groups excluding carboxylic acids is 1. The van der Waals surface area contributed by atoms with Gasteiger partial charge in [-0.1, -0.05) is 30.3 Å². The number of ether oxygens (including phenoxy) is 1. The molecular formula is C17H23NO2. The van der Waals surface area contributed by atoms with E-state index < -0.39 is 0 Å². The highest BCUT2D eigenvalue weighted by Gasteiger charge is 2.42. The lowest BCUT2D eigenvalue weighted by atomic mass is 9.87. The summed E-state index contributed by atoms with van der Waals surface area (Å²) in [4.78, 5) is 14.7. The molecule has 3 nitrogen and oxygen atoms in total. The maximum atomic E-state index is 12.0. The van der Waals surface area contributed by atoms with Crippen molar-refractivity contribution in [2.24, 2.45) is 5.92 Å². The van der Waals surface area contributed by atoms with Crippen LogP contribution in [0.3, 0.4) is 0 Å². The molecule has 20 heavy (non-hydrogen) atoms. The molecule has 1 aromatic rings. The van der Waals surface area contributed by atoms with Gasteiger partial charge in [0, 0.05) is 31.7 Å². The van der Waals surface area contributed by atoms with Crippen LogP contribution in [0.25, 0.3) is 0 Å². The van der Waals surface area contributed by atoms with Gasteiger partial charge >= 0.3 is 0 Å². The minimum atomic E-state index is 0.222. The van der Waals surface area contributed by atoms with Crippen LogP contribution in [0, 0.1) is 5.92 Å². The van der Waals surface area contributed by atoms with E-state index in [0.29, 0.717) is 17.9 Å². The Morgan fingerprint density at radius 3 is 2.45 bits per heavy atom. The maximum Gasteiger partial charge on any atom is 0.161 e. The number of hydrogen-bond donors (Lipinski definition) is 0. The van der Waals surface area contributed by atoms with Crippen molar-refractivity contribution in [2.75, 3.05) is 13.7 Å². The molecule has 0 spiro atoms. The molecule has 0 saturated carbocycles. The van der Waals surface area contributed by atoms with Crippen molar-refractivity contribution in [1.29, 1.82) is 0 Å². The number of carbonyl (C=O) groups is 1. The third-order valence-corrected chi connectivity index (χ3v) is 4.83. The molecule has 0 radical (unpaired) electrons. The number of rotatable bonds is 5. The first-order valence-corrected chi connectivity index (χ1v) is 7.59. The summed E-state index contributed by atoms with van der Waals surface area (Å²) >= 11 is 0. The molecule has 0 amide bonds. The monoisotopic (exact) mass is 273 g/mol. The van der Waals surface area contributed by atoms with Crippen molar-refractivity contribution < 1.29 is 9.53 Å². The van der Waals surface area contributed by atoms with E-state index in [9.17, 15) is 4.79 Å². The fraction of sp³-hybridized carbons (Fsp3) is 0.588. The van der Waals surface area contributed by atoms with E-state index in [0.717, 1.165) is 19.4 Å². The summed E-state index contributed by atoms with van der Waals surface area (Å²) < 4.78 is 5.01. The van der Waals surface area contributed by atoms with Crippen LogP contribution in [0.4, 0.5) is 0 Å². The summed E-state index contributed by atoms with van der Waals surface area (Å²) in [6.07, 6.45) is 4.53. The largest absolute Gasteiger partial charge is 0.377 e. The molecule has 1 aromatic carbocycles. The number of piperidine rings is 1. The molecular weight excluding hydrogens is 250 g/mol. The summed E-state index contributed by atoms with van der Waals surface area (Å²) in [6.45, 7) is 1.31. The molecule has 2 heterocycles. The molecule has 0 N–H and O–H groups in total. The van der Waals surface area contributed by atoms with E-state index in [1.807, 2.05) is 0 Å². The topological polar surface area (TPSA) is 29.5 Å². The molecule has 2 atom stereocenters. The molecule has 3 heteroatoms. The smallest absolute Gasteiger partial charge is 0.161 e. The number of methoxy groups -OCH3 is 1. The Morgan fingerprint density at radius 1 is 1.20 bits per heavy atom. The van der Waals surface area contributed by atoms with Gasteiger partial charge in [0.05, 0.1) is 0 Å². The molecule has 0 aliphatic carbocycles. The molecule has 3 rings (SSSR count). The average Bonchev–Trinajstić information content (AvgIpc) is 2.71. The van der Waals surface area contributed by atoms with Crippen LogP contribution in [-0.2, 0) is 16.1 Å². The predicted octanol–water partition coefficient (Wildman–Crippen LogP) is 2.65. The van der Waals surface area contributed by atoms with Gasteiger partial charge < -0.3 is 4.74 Å². The van der Waals surface area contributed by atoms with E-state index in [4.69, 9.17) is 4.74 Å². The minimum Gasteiger partial charge on any atom is -0.377 e. The zero-order chi connectivity index (χ0) is 13.9. The highest BCUT2D eigenvalue weighted by molar-refractivity contribution is 5.82. The Hall–Kier alpha value is -1.19. The van der Waals surface area contributed by atoms with Crippen molar-refractivity contribution in [3.63, 3.8) is 0 Å². The van der Waals surface area contributed by atoms with Gasteiger partial charge in [0.1, 0.15) is 6.61 Å². The van der Waals surface area contributed by atoms with Crippen LogP contribution in [-0.4, -0.2) is 36.5 Å². The summed E-state index contributed by atoms with van der Waals surface area (Å²) in [5.74, 6) is 0.517. The van der Waals surface area contributed by atoms with Crippen LogP contribution in [0.2, 0.25) is 0 Å².